The zero-order valence-corrected chi connectivity index (χ0v) is 11.7. The van der Waals surface area contributed by atoms with E-state index in [2.05, 4.69) is 32.4 Å². The highest BCUT2D eigenvalue weighted by molar-refractivity contribution is 5.90. The number of anilines is 1. The maximum Gasteiger partial charge on any atom is 0.146 e. The molecule has 2 aromatic rings. The maximum atomic E-state index is 6.06. The van der Waals surface area contributed by atoms with E-state index in [0.717, 1.165) is 22.3 Å². The fourth-order valence-corrected chi connectivity index (χ4v) is 2.71. The predicted octanol–water partition coefficient (Wildman–Crippen LogP) is 2.89. The average molecular weight is 269 g/mol. The molecule has 104 valence electrons. The van der Waals surface area contributed by atoms with Gasteiger partial charge in [0.05, 0.1) is 5.39 Å². The van der Waals surface area contributed by atoms with Crippen molar-refractivity contribution in [1.29, 1.82) is 0 Å². The number of nitrogens with zero attached hydrogens (tertiary/aromatic N) is 4. The number of nitrogen functional groups attached to an aromatic ring is 1. The Morgan fingerprint density at radius 1 is 1.55 bits per heavy atom. The predicted molar refractivity (Wildman–Crippen MR) is 81.8 cm³/mol. The van der Waals surface area contributed by atoms with Crippen LogP contribution in [0, 0.1) is 0 Å². The van der Waals surface area contributed by atoms with Gasteiger partial charge in [0.25, 0.3) is 0 Å². The van der Waals surface area contributed by atoms with Gasteiger partial charge >= 0.3 is 0 Å². The minimum absolute atomic E-state index is 0.544. The van der Waals surface area contributed by atoms with Crippen LogP contribution in [0.5, 0.6) is 0 Å². The molecule has 5 heteroatoms. The summed E-state index contributed by atoms with van der Waals surface area (Å²) in [6.45, 7) is 5.58. The number of rotatable bonds is 4. The monoisotopic (exact) mass is 269 g/mol. The molecular formula is C15H19N5. The fourth-order valence-electron chi connectivity index (χ4n) is 2.71. The minimum atomic E-state index is 0.544. The third-order valence-corrected chi connectivity index (χ3v) is 4.09. The van der Waals surface area contributed by atoms with Gasteiger partial charge in [-0.05, 0) is 38.5 Å². The van der Waals surface area contributed by atoms with Crippen LogP contribution in [0.25, 0.3) is 11.0 Å². The van der Waals surface area contributed by atoms with Gasteiger partial charge < -0.3 is 10.3 Å². The lowest BCUT2D eigenvalue weighted by atomic mass is 9.93. The molecule has 5 nitrogen and oxygen atoms in total. The summed E-state index contributed by atoms with van der Waals surface area (Å²) in [6, 6.07) is 0.547. The lowest BCUT2D eigenvalue weighted by Gasteiger charge is -2.27. The molecule has 2 heterocycles. The topological polar surface area (TPSA) is 69.1 Å². The van der Waals surface area contributed by atoms with Gasteiger partial charge in [0, 0.05) is 24.4 Å². The van der Waals surface area contributed by atoms with Crippen molar-refractivity contribution >= 4 is 23.6 Å². The zero-order chi connectivity index (χ0) is 14.1. The van der Waals surface area contributed by atoms with Crippen molar-refractivity contribution in [3.63, 3.8) is 0 Å². The Balaban J connectivity index is 2.13. The molecule has 0 saturated heterocycles. The number of hydrogen-bond acceptors (Lipinski definition) is 4. The van der Waals surface area contributed by atoms with Gasteiger partial charge in [-0.3, -0.25) is 4.99 Å². The second kappa shape index (κ2) is 5.07. The molecule has 3 rings (SSSR count). The first-order valence-electron chi connectivity index (χ1n) is 6.96. The SMILES string of the molecule is C=N/C(=C\C)Cc1cn(C2CCC2)c2ncnc(N)c12. The summed E-state index contributed by atoms with van der Waals surface area (Å²) >= 11 is 0. The van der Waals surface area contributed by atoms with Crippen molar-refractivity contribution in [1.82, 2.24) is 14.5 Å². The summed E-state index contributed by atoms with van der Waals surface area (Å²) in [5.74, 6) is 0.544. The van der Waals surface area contributed by atoms with E-state index in [1.54, 1.807) is 6.33 Å². The molecule has 20 heavy (non-hydrogen) atoms. The number of aliphatic imine (C=N–C) groups is 1. The Morgan fingerprint density at radius 3 is 2.95 bits per heavy atom. The smallest absolute Gasteiger partial charge is 0.146 e. The third kappa shape index (κ3) is 1.99. The van der Waals surface area contributed by atoms with E-state index >= 15 is 0 Å². The number of nitrogens with two attached hydrogens (primary N) is 1. The Kier molecular flexibility index (Phi) is 3.26. The molecule has 0 spiro atoms. The lowest BCUT2D eigenvalue weighted by molar-refractivity contribution is 0.320. The standard InChI is InChI=1S/C15H19N5/c1-3-11(17-2)7-10-8-20(12-5-4-6-12)15-13(10)14(16)18-9-19-15/h3,8-9,12H,2,4-7H2,1H3,(H2,16,18,19)/b11-3-. The van der Waals surface area contributed by atoms with E-state index in [1.807, 2.05) is 13.0 Å². The first-order chi connectivity index (χ1) is 9.74. The molecule has 2 N–H and O–H groups in total. The van der Waals surface area contributed by atoms with Gasteiger partial charge in [-0.25, -0.2) is 9.97 Å². The van der Waals surface area contributed by atoms with Crippen LogP contribution in [0.1, 0.15) is 37.8 Å². The molecule has 1 aliphatic rings. The van der Waals surface area contributed by atoms with E-state index in [1.165, 1.54) is 19.3 Å². The first-order valence-corrected chi connectivity index (χ1v) is 6.96. The summed E-state index contributed by atoms with van der Waals surface area (Å²) in [7, 11) is 0. The second-order valence-corrected chi connectivity index (χ2v) is 5.22. The molecule has 1 saturated carbocycles. The van der Waals surface area contributed by atoms with Gasteiger partial charge in [0.2, 0.25) is 0 Å². The Hall–Kier alpha value is -2.17. The second-order valence-electron chi connectivity index (χ2n) is 5.22. The van der Waals surface area contributed by atoms with Crippen LogP contribution in [0.2, 0.25) is 0 Å². The Morgan fingerprint density at radius 2 is 2.35 bits per heavy atom. The Bertz CT molecular complexity index is 679. The lowest BCUT2D eigenvalue weighted by Crippen LogP contribution is -2.16. The number of aromatic nitrogens is 3. The van der Waals surface area contributed by atoms with Crippen LogP contribution in [0.3, 0.4) is 0 Å². The van der Waals surface area contributed by atoms with Crippen LogP contribution in [0.4, 0.5) is 5.82 Å². The minimum Gasteiger partial charge on any atom is -0.383 e. The van der Waals surface area contributed by atoms with Crippen molar-refractivity contribution in [3.8, 4) is 0 Å². The van der Waals surface area contributed by atoms with Crippen LogP contribution in [-0.4, -0.2) is 21.3 Å². The van der Waals surface area contributed by atoms with Gasteiger partial charge in [-0.2, -0.15) is 0 Å². The van der Waals surface area contributed by atoms with Crippen molar-refractivity contribution in [2.45, 2.75) is 38.6 Å². The number of allylic oxidation sites excluding steroid dienone is 2. The summed E-state index contributed by atoms with van der Waals surface area (Å²) in [5, 5.41) is 0.961. The van der Waals surface area contributed by atoms with Crippen LogP contribution in [0.15, 0.2) is 29.3 Å². The Labute approximate surface area is 118 Å². The van der Waals surface area contributed by atoms with Gasteiger partial charge in [-0.15, -0.1) is 0 Å². The van der Waals surface area contributed by atoms with Crippen molar-refractivity contribution in [2.75, 3.05) is 5.73 Å². The summed E-state index contributed by atoms with van der Waals surface area (Å²) in [6.07, 6.45) is 10.1. The molecule has 1 aliphatic carbocycles. The highest BCUT2D eigenvalue weighted by Gasteiger charge is 2.24. The van der Waals surface area contributed by atoms with Crippen LogP contribution < -0.4 is 5.73 Å². The summed E-state index contributed by atoms with van der Waals surface area (Å²) in [5.41, 5.74) is 9.08. The number of fused-ring (bicyclic) bond motifs is 1. The quantitative estimate of drug-likeness (QED) is 0.868. The van der Waals surface area contributed by atoms with Gasteiger partial charge in [0.1, 0.15) is 17.8 Å². The molecule has 0 bridgehead atoms. The van der Waals surface area contributed by atoms with Gasteiger partial charge in [-0.1, -0.05) is 6.08 Å². The third-order valence-electron chi connectivity index (χ3n) is 4.09. The first kappa shape index (κ1) is 12.8. The molecule has 0 amide bonds. The summed E-state index contributed by atoms with van der Waals surface area (Å²) < 4.78 is 2.25. The molecular weight excluding hydrogens is 250 g/mol. The molecule has 0 aliphatic heterocycles. The van der Waals surface area contributed by atoms with E-state index in [4.69, 9.17) is 5.73 Å². The fraction of sp³-hybridized carbons (Fsp3) is 0.400. The van der Waals surface area contributed by atoms with E-state index in [-0.39, 0.29) is 0 Å². The zero-order valence-electron chi connectivity index (χ0n) is 11.7. The number of hydrogen-bond donors (Lipinski definition) is 1. The highest BCUT2D eigenvalue weighted by atomic mass is 15.1. The largest absolute Gasteiger partial charge is 0.383 e. The molecule has 2 aromatic heterocycles. The highest BCUT2D eigenvalue weighted by Crippen LogP contribution is 2.36. The van der Waals surface area contributed by atoms with Crippen molar-refractivity contribution < 1.29 is 0 Å². The summed E-state index contributed by atoms with van der Waals surface area (Å²) in [4.78, 5) is 12.6. The van der Waals surface area contributed by atoms with Crippen LogP contribution >= 0.6 is 0 Å². The normalized spacial score (nSPS) is 16.4. The molecule has 0 atom stereocenters. The average Bonchev–Trinajstić information content (AvgIpc) is 2.74. The molecule has 0 aromatic carbocycles. The maximum absolute atomic E-state index is 6.06. The van der Waals surface area contributed by atoms with E-state index in [0.29, 0.717) is 18.3 Å². The van der Waals surface area contributed by atoms with Crippen LogP contribution in [-0.2, 0) is 6.42 Å². The molecule has 1 fully saturated rings. The van der Waals surface area contributed by atoms with Crippen molar-refractivity contribution in [3.05, 3.63) is 29.9 Å². The van der Waals surface area contributed by atoms with Crippen molar-refractivity contribution in [2.24, 2.45) is 4.99 Å². The van der Waals surface area contributed by atoms with Gasteiger partial charge in [0.15, 0.2) is 0 Å². The molecule has 0 unspecified atom stereocenters. The van der Waals surface area contributed by atoms with E-state index in [9.17, 15) is 0 Å². The molecule has 0 radical (unpaired) electrons. The van der Waals surface area contributed by atoms with E-state index < -0.39 is 0 Å².